The molecule has 0 saturated heterocycles. The van der Waals surface area contributed by atoms with Crippen LogP contribution in [0.2, 0.25) is 0 Å². The fraction of sp³-hybridized carbons (Fsp3) is 0.619. The van der Waals surface area contributed by atoms with Crippen LogP contribution in [-0.4, -0.2) is 38.0 Å². The Hall–Kier alpha value is -2.29. The molecule has 0 spiro atoms. The van der Waals surface area contributed by atoms with Gasteiger partial charge >= 0.3 is 6.03 Å². The van der Waals surface area contributed by atoms with Gasteiger partial charge in [0, 0.05) is 12.6 Å². The van der Waals surface area contributed by atoms with E-state index in [1.165, 1.54) is 31.0 Å². The molecule has 4 aliphatic rings. The number of amides is 3. The molecular weight excluding hydrogens is 402 g/mol. The van der Waals surface area contributed by atoms with Crippen molar-refractivity contribution in [2.24, 2.45) is 24.8 Å². The minimum Gasteiger partial charge on any atom is -0.469 e. The fourth-order valence-electron chi connectivity index (χ4n) is 6.12. The molecule has 0 atom stereocenters. The van der Waals surface area contributed by atoms with Crippen molar-refractivity contribution in [3.63, 3.8) is 0 Å². The van der Waals surface area contributed by atoms with E-state index in [1.54, 1.807) is 6.26 Å². The lowest BCUT2D eigenvalue weighted by molar-refractivity contribution is -0.117. The van der Waals surface area contributed by atoms with E-state index in [2.05, 4.69) is 20.8 Å². The van der Waals surface area contributed by atoms with E-state index >= 15 is 0 Å². The van der Waals surface area contributed by atoms with Crippen molar-refractivity contribution in [3.8, 4) is 11.4 Å². The van der Waals surface area contributed by atoms with Gasteiger partial charge in [-0.2, -0.15) is 0 Å². The molecule has 2 N–H and O–H groups in total. The van der Waals surface area contributed by atoms with Crippen molar-refractivity contribution in [1.29, 1.82) is 0 Å². The number of hydrogen-bond donors (Lipinski definition) is 2. The van der Waals surface area contributed by atoms with Crippen molar-refractivity contribution in [1.82, 2.24) is 25.4 Å². The summed E-state index contributed by atoms with van der Waals surface area (Å²) >= 11 is 1.26. The third-order valence-electron chi connectivity index (χ3n) is 6.94. The Balaban J connectivity index is 1.15. The van der Waals surface area contributed by atoms with Gasteiger partial charge in [0.15, 0.2) is 11.0 Å². The highest BCUT2D eigenvalue weighted by Crippen LogP contribution is 2.55. The lowest BCUT2D eigenvalue weighted by atomic mass is 9.53. The van der Waals surface area contributed by atoms with Crippen LogP contribution in [0.15, 0.2) is 21.9 Å². The summed E-state index contributed by atoms with van der Waals surface area (Å²) in [6, 6.07) is 1.48. The molecule has 0 radical (unpaired) electrons. The maximum atomic E-state index is 12.5. The van der Waals surface area contributed by atoms with Crippen molar-refractivity contribution < 1.29 is 14.0 Å². The minimum absolute atomic E-state index is 0.102. The highest BCUT2D eigenvalue weighted by atomic mass is 32.2. The quantitative estimate of drug-likeness (QED) is 0.708. The SMILES string of the molecule is Cc1occc1-c1nnc(SCC(=O)NC(=O)NC23CC4CC(CC(C4)C2)C3)n1C. The van der Waals surface area contributed by atoms with Crippen molar-refractivity contribution >= 4 is 23.7 Å². The molecule has 6 rings (SSSR count). The van der Waals surface area contributed by atoms with Crippen LogP contribution < -0.4 is 10.6 Å². The first-order valence-corrected chi connectivity index (χ1v) is 11.6. The molecule has 4 aliphatic carbocycles. The van der Waals surface area contributed by atoms with E-state index in [-0.39, 0.29) is 23.2 Å². The van der Waals surface area contributed by atoms with Gasteiger partial charge in [0.05, 0.1) is 17.6 Å². The van der Waals surface area contributed by atoms with E-state index in [0.717, 1.165) is 48.3 Å². The molecule has 2 heterocycles. The van der Waals surface area contributed by atoms with E-state index in [1.807, 2.05) is 24.6 Å². The van der Waals surface area contributed by atoms with Gasteiger partial charge in [0.25, 0.3) is 0 Å². The standard InChI is InChI=1S/C21H27N5O3S/c1-12-16(3-4-29-12)18-24-25-20(26(18)2)30-11-17(27)22-19(28)23-21-8-13-5-14(9-21)7-15(6-13)10-21/h3-4,13-15H,5-11H2,1-2H3,(H2,22,23,27,28). The number of carbonyl (C=O) groups is 2. The number of urea groups is 1. The molecule has 0 aliphatic heterocycles. The van der Waals surface area contributed by atoms with Crippen LogP contribution in [0.3, 0.4) is 0 Å². The maximum absolute atomic E-state index is 12.5. The smallest absolute Gasteiger partial charge is 0.321 e. The first kappa shape index (κ1) is 19.7. The van der Waals surface area contributed by atoms with Crippen LogP contribution in [0.1, 0.15) is 44.3 Å². The molecule has 2 aromatic heterocycles. The highest BCUT2D eigenvalue weighted by Gasteiger charge is 2.51. The van der Waals surface area contributed by atoms with Gasteiger partial charge in [0.1, 0.15) is 5.76 Å². The number of aromatic nitrogens is 3. The zero-order valence-electron chi connectivity index (χ0n) is 17.3. The number of hydrogen-bond acceptors (Lipinski definition) is 6. The molecule has 2 aromatic rings. The van der Waals surface area contributed by atoms with E-state index in [0.29, 0.717) is 11.0 Å². The van der Waals surface area contributed by atoms with Crippen LogP contribution >= 0.6 is 11.8 Å². The third-order valence-corrected chi connectivity index (χ3v) is 7.96. The largest absolute Gasteiger partial charge is 0.469 e. The number of rotatable bonds is 5. The monoisotopic (exact) mass is 429 g/mol. The molecule has 9 heteroatoms. The second-order valence-electron chi connectivity index (χ2n) is 9.24. The zero-order valence-corrected chi connectivity index (χ0v) is 18.1. The predicted octanol–water partition coefficient (Wildman–Crippen LogP) is 3.27. The van der Waals surface area contributed by atoms with Gasteiger partial charge in [-0.25, -0.2) is 4.79 Å². The molecule has 160 valence electrons. The summed E-state index contributed by atoms with van der Waals surface area (Å²) in [5, 5.41) is 14.7. The van der Waals surface area contributed by atoms with Gasteiger partial charge in [-0.1, -0.05) is 11.8 Å². The summed E-state index contributed by atoms with van der Waals surface area (Å²) in [7, 11) is 1.85. The molecule has 30 heavy (non-hydrogen) atoms. The summed E-state index contributed by atoms with van der Waals surface area (Å²) in [6.07, 6.45) is 8.74. The third kappa shape index (κ3) is 3.64. The van der Waals surface area contributed by atoms with Crippen molar-refractivity contribution in [3.05, 3.63) is 18.1 Å². The van der Waals surface area contributed by atoms with E-state index in [4.69, 9.17) is 4.42 Å². The second kappa shape index (κ2) is 7.44. The number of thioether (sulfide) groups is 1. The van der Waals surface area contributed by atoms with Crippen molar-refractivity contribution in [2.75, 3.05) is 5.75 Å². The number of nitrogens with zero attached hydrogens (tertiary/aromatic N) is 3. The maximum Gasteiger partial charge on any atom is 0.321 e. The van der Waals surface area contributed by atoms with Crippen molar-refractivity contribution in [2.45, 2.75) is 56.1 Å². The lowest BCUT2D eigenvalue weighted by Crippen LogP contribution is -2.61. The Morgan fingerprint density at radius 3 is 2.47 bits per heavy atom. The number of imide groups is 1. The van der Waals surface area contributed by atoms with Gasteiger partial charge in [0.2, 0.25) is 5.91 Å². The lowest BCUT2D eigenvalue weighted by Gasteiger charge is -2.56. The molecule has 8 nitrogen and oxygen atoms in total. The first-order valence-electron chi connectivity index (χ1n) is 10.6. The molecule has 4 bridgehead atoms. The molecule has 3 amide bonds. The second-order valence-corrected chi connectivity index (χ2v) is 10.2. The Labute approximate surface area is 179 Å². The molecule has 0 aromatic carbocycles. The Bertz CT molecular complexity index is 946. The average Bonchev–Trinajstić information content (AvgIpc) is 3.23. The fourth-order valence-corrected chi connectivity index (χ4v) is 6.83. The number of aryl methyl sites for hydroxylation is 1. The number of carbonyl (C=O) groups excluding carboxylic acids is 2. The van der Waals surface area contributed by atoms with Gasteiger partial charge < -0.3 is 14.3 Å². The number of nitrogens with one attached hydrogen (secondary N) is 2. The summed E-state index contributed by atoms with van der Waals surface area (Å²) in [6.45, 7) is 1.87. The Morgan fingerprint density at radius 2 is 1.87 bits per heavy atom. The Kier molecular flexibility index (Phi) is 4.88. The first-order chi connectivity index (χ1) is 14.4. The van der Waals surface area contributed by atoms with Crippen LogP contribution in [0.4, 0.5) is 4.79 Å². The number of furan rings is 1. The van der Waals surface area contributed by atoms with Crippen LogP contribution in [-0.2, 0) is 11.8 Å². The van der Waals surface area contributed by atoms with Crippen LogP contribution in [0.5, 0.6) is 0 Å². The van der Waals surface area contributed by atoms with E-state index < -0.39 is 0 Å². The Morgan fingerprint density at radius 1 is 1.20 bits per heavy atom. The van der Waals surface area contributed by atoms with Gasteiger partial charge in [-0.3, -0.25) is 10.1 Å². The highest BCUT2D eigenvalue weighted by molar-refractivity contribution is 7.99. The minimum atomic E-state index is -0.366. The van der Waals surface area contributed by atoms with Gasteiger partial charge in [-0.15, -0.1) is 10.2 Å². The molecule has 4 saturated carbocycles. The molecular formula is C21H27N5O3S. The molecule has 0 unspecified atom stereocenters. The topological polar surface area (TPSA) is 102 Å². The summed E-state index contributed by atoms with van der Waals surface area (Å²) < 4.78 is 7.15. The van der Waals surface area contributed by atoms with E-state index in [9.17, 15) is 9.59 Å². The van der Waals surface area contributed by atoms with Gasteiger partial charge in [-0.05, 0) is 69.3 Å². The summed E-state index contributed by atoms with van der Waals surface area (Å²) in [5.74, 6) is 3.45. The van der Waals surface area contributed by atoms with Crippen LogP contribution in [0, 0.1) is 24.7 Å². The average molecular weight is 430 g/mol. The van der Waals surface area contributed by atoms with Crippen LogP contribution in [0.25, 0.3) is 11.4 Å². The molecule has 4 fully saturated rings. The normalized spacial score (nSPS) is 29.2. The predicted molar refractivity (Wildman–Crippen MR) is 112 cm³/mol. The summed E-state index contributed by atoms with van der Waals surface area (Å²) in [4.78, 5) is 24.9. The zero-order chi connectivity index (χ0) is 20.9. The summed E-state index contributed by atoms with van der Waals surface area (Å²) in [5.41, 5.74) is 0.768.